The third-order valence-corrected chi connectivity index (χ3v) is 14.6. The number of piperidine rings is 1. The molecule has 0 saturated carbocycles. The predicted octanol–water partition coefficient (Wildman–Crippen LogP) is 6.40. The Balaban J connectivity index is 0.860. The molecule has 0 bridgehead atoms. The Kier molecular flexibility index (Phi) is 11.3. The maximum Gasteiger partial charge on any atom is 0.247 e. The highest BCUT2D eigenvalue weighted by Crippen LogP contribution is 2.58. The number of aromatic amines is 1. The summed E-state index contributed by atoms with van der Waals surface area (Å²) in [6.07, 6.45) is 15.2. The van der Waals surface area contributed by atoms with Gasteiger partial charge in [0.1, 0.15) is 24.1 Å². The monoisotopic (exact) mass is 835 g/mol. The van der Waals surface area contributed by atoms with Crippen LogP contribution >= 0.6 is 0 Å². The Labute approximate surface area is 362 Å². The van der Waals surface area contributed by atoms with Gasteiger partial charge in [-0.1, -0.05) is 96.6 Å². The van der Waals surface area contributed by atoms with Gasteiger partial charge in [-0.2, -0.15) is 11.0 Å². The lowest BCUT2D eigenvalue weighted by Crippen LogP contribution is -2.53. The van der Waals surface area contributed by atoms with Gasteiger partial charge in [-0.05, 0) is 110 Å². The van der Waals surface area contributed by atoms with Crippen LogP contribution in [0.2, 0.25) is 0 Å². The zero-order valence-electron chi connectivity index (χ0n) is 35.0. The molecule has 2 aliphatic carbocycles. The molecule has 6 atom stereocenters. The smallest absolute Gasteiger partial charge is 0.247 e. The standard InChI is InChI=1S/C49H57N9O4/c59-47(43(55-61)33-9-3-1-4-10-33)57-27-7-13-40(57)45-51-29-38(53-45)32-17-15-31(16-18-32)35-19-20-36(37-21-22-49(42(35)37)23-25-50-26-24-49)39-30-52-46(54-39)41-14-8-28-58(41)48(60)44(56-62)34-11-5-2-6-12-34/h1-6,9-12,15-19,29-30,36,40-41,43-44,46,50,52,54-56,61-62H,7-8,13-14,20-28H2,(H,51,53)/t36?,40-,41?,43-,44?,46?/m0/s1. The van der Waals surface area contributed by atoms with Crippen LogP contribution in [0, 0.1) is 11.3 Å². The fourth-order valence-corrected chi connectivity index (χ4v) is 11.5. The molecule has 4 aliphatic heterocycles. The first-order chi connectivity index (χ1) is 30.5. The van der Waals surface area contributed by atoms with Crippen molar-refractivity contribution >= 4 is 17.4 Å². The Hall–Kier alpha value is -5.57. The van der Waals surface area contributed by atoms with Crippen molar-refractivity contribution < 1.29 is 20.0 Å². The van der Waals surface area contributed by atoms with Gasteiger partial charge in [-0.3, -0.25) is 9.59 Å². The number of nitrogens with one attached hydrogen (secondary N) is 6. The van der Waals surface area contributed by atoms with E-state index in [0.29, 0.717) is 13.1 Å². The summed E-state index contributed by atoms with van der Waals surface area (Å²) in [5.41, 5.74) is 14.9. The van der Waals surface area contributed by atoms with Gasteiger partial charge in [0.25, 0.3) is 0 Å². The summed E-state index contributed by atoms with van der Waals surface area (Å²) in [7, 11) is 0. The summed E-state index contributed by atoms with van der Waals surface area (Å²) in [6.45, 7) is 3.30. The molecular weight excluding hydrogens is 779 g/mol. The van der Waals surface area contributed by atoms with E-state index in [2.05, 4.69) is 68.4 Å². The molecule has 3 fully saturated rings. The zero-order chi connectivity index (χ0) is 42.2. The van der Waals surface area contributed by atoms with Crippen molar-refractivity contribution in [2.24, 2.45) is 11.3 Å². The number of carbonyl (C=O) groups is 2. The lowest BCUT2D eigenvalue weighted by Gasteiger charge is -2.40. The van der Waals surface area contributed by atoms with Crippen LogP contribution in [-0.4, -0.2) is 80.4 Å². The van der Waals surface area contributed by atoms with E-state index in [1.807, 2.05) is 76.7 Å². The van der Waals surface area contributed by atoms with Crippen LogP contribution in [0.5, 0.6) is 0 Å². The fourth-order valence-electron chi connectivity index (χ4n) is 11.5. The molecule has 3 saturated heterocycles. The van der Waals surface area contributed by atoms with E-state index >= 15 is 0 Å². The van der Waals surface area contributed by atoms with Crippen LogP contribution in [0.4, 0.5) is 0 Å². The van der Waals surface area contributed by atoms with Crippen molar-refractivity contribution in [3.63, 3.8) is 0 Å². The maximum absolute atomic E-state index is 13.9. The number of aromatic nitrogens is 2. The topological polar surface area (TPSA) is 170 Å². The minimum atomic E-state index is -0.841. The summed E-state index contributed by atoms with van der Waals surface area (Å²) in [6, 6.07) is 25.7. The molecule has 2 amide bonds. The maximum atomic E-state index is 13.9. The number of amides is 2. The van der Waals surface area contributed by atoms with Crippen molar-refractivity contribution in [2.45, 2.75) is 88.1 Å². The first-order valence-electron chi connectivity index (χ1n) is 22.5. The van der Waals surface area contributed by atoms with Crippen LogP contribution in [0.25, 0.3) is 16.8 Å². The molecule has 4 aromatic rings. The van der Waals surface area contributed by atoms with E-state index in [0.717, 1.165) is 99.1 Å². The molecule has 13 nitrogen and oxygen atoms in total. The first-order valence-corrected chi connectivity index (χ1v) is 22.5. The third-order valence-electron chi connectivity index (χ3n) is 14.6. The van der Waals surface area contributed by atoms with Crippen LogP contribution in [0.1, 0.15) is 98.4 Å². The van der Waals surface area contributed by atoms with Crippen LogP contribution in [-0.2, 0) is 9.59 Å². The summed E-state index contributed by atoms with van der Waals surface area (Å²) >= 11 is 0. The number of carbonyl (C=O) groups excluding carboxylic acids is 2. The minimum absolute atomic E-state index is 0.0436. The normalized spacial score (nSPS) is 25.3. The molecule has 5 heterocycles. The number of hydrogen-bond donors (Lipinski definition) is 8. The molecule has 10 rings (SSSR count). The second-order valence-corrected chi connectivity index (χ2v) is 17.9. The predicted molar refractivity (Wildman–Crippen MR) is 236 cm³/mol. The van der Waals surface area contributed by atoms with Gasteiger partial charge in [0.15, 0.2) is 0 Å². The SMILES string of the molecule is O=C(C(NO)c1ccccc1)N1CCCC1C1NC=C(C2CC=C(c3ccc(-c4cnc([C@@H]5CCCN5C(=O)[C@@H](NO)c5ccccc5)[nH]4)cc3)C3=C2CCC32CCNCC2)N1. The van der Waals surface area contributed by atoms with Crippen LogP contribution in [0.3, 0.4) is 0 Å². The van der Waals surface area contributed by atoms with Crippen molar-refractivity contribution in [3.05, 3.63) is 143 Å². The molecule has 6 aliphatic rings. The molecule has 4 unspecified atom stereocenters. The first kappa shape index (κ1) is 40.5. The van der Waals surface area contributed by atoms with Gasteiger partial charge < -0.3 is 41.1 Å². The van der Waals surface area contributed by atoms with Crippen LogP contribution < -0.4 is 26.9 Å². The average Bonchev–Trinajstić information content (AvgIpc) is 4.18. The number of likely N-dealkylation sites (tertiary alicyclic amines) is 2. The second-order valence-electron chi connectivity index (χ2n) is 17.9. The van der Waals surface area contributed by atoms with Crippen molar-refractivity contribution in [3.8, 4) is 11.3 Å². The summed E-state index contributed by atoms with van der Waals surface area (Å²) in [5, 5.41) is 31.2. The molecule has 0 radical (unpaired) electrons. The second kappa shape index (κ2) is 17.3. The number of imidazole rings is 1. The van der Waals surface area contributed by atoms with Gasteiger partial charge in [0, 0.05) is 30.9 Å². The number of allylic oxidation sites excluding steroid dienone is 4. The molecular formula is C49H57N9O4. The molecule has 62 heavy (non-hydrogen) atoms. The molecule has 8 N–H and O–H groups in total. The number of nitrogens with zero attached hydrogens (tertiary/aromatic N) is 3. The zero-order valence-corrected chi connectivity index (χ0v) is 35.0. The van der Waals surface area contributed by atoms with E-state index in [1.165, 1.54) is 22.4 Å². The lowest BCUT2D eigenvalue weighted by molar-refractivity contribution is -0.138. The van der Waals surface area contributed by atoms with Gasteiger partial charge in [0.2, 0.25) is 11.8 Å². The van der Waals surface area contributed by atoms with Gasteiger partial charge in [0.05, 0.1) is 24.0 Å². The Morgan fingerprint density at radius 2 is 1.44 bits per heavy atom. The van der Waals surface area contributed by atoms with E-state index in [9.17, 15) is 20.0 Å². The molecule has 1 spiro atoms. The fraction of sp³-hybridized carbons (Fsp3) is 0.408. The number of rotatable bonds is 11. The highest BCUT2D eigenvalue weighted by molar-refractivity contribution is 5.86. The summed E-state index contributed by atoms with van der Waals surface area (Å²) in [5.74, 6) is 0.711. The Morgan fingerprint density at radius 3 is 2.13 bits per heavy atom. The summed E-state index contributed by atoms with van der Waals surface area (Å²) < 4.78 is 0. The minimum Gasteiger partial charge on any atom is -0.368 e. The van der Waals surface area contributed by atoms with E-state index in [1.54, 1.807) is 5.57 Å². The number of fused-ring (bicyclic) bond motifs is 1. The number of hydroxylamine groups is 2. The van der Waals surface area contributed by atoms with Gasteiger partial charge >= 0.3 is 0 Å². The van der Waals surface area contributed by atoms with Gasteiger partial charge in [-0.15, -0.1) is 0 Å². The van der Waals surface area contributed by atoms with Crippen molar-refractivity contribution in [1.82, 2.24) is 46.7 Å². The van der Waals surface area contributed by atoms with Crippen LogP contribution in [0.15, 0.2) is 120 Å². The van der Waals surface area contributed by atoms with E-state index < -0.39 is 12.1 Å². The number of hydrogen-bond acceptors (Lipinski definition) is 10. The molecule has 1 aromatic heterocycles. The van der Waals surface area contributed by atoms with E-state index in [-0.39, 0.29) is 41.4 Å². The molecule has 13 heteroatoms. The number of benzene rings is 3. The number of H-pyrrole nitrogens is 1. The summed E-state index contributed by atoms with van der Waals surface area (Å²) in [4.78, 5) is 39.7. The Bertz CT molecular complexity index is 2350. The highest BCUT2D eigenvalue weighted by Gasteiger charge is 2.48. The molecule has 322 valence electrons. The van der Waals surface area contributed by atoms with Crippen molar-refractivity contribution in [1.29, 1.82) is 0 Å². The average molecular weight is 836 g/mol. The van der Waals surface area contributed by atoms with Crippen molar-refractivity contribution in [2.75, 3.05) is 26.2 Å². The van der Waals surface area contributed by atoms with Gasteiger partial charge in [-0.25, -0.2) is 4.98 Å². The lowest BCUT2D eigenvalue weighted by atomic mass is 9.67. The highest BCUT2D eigenvalue weighted by atomic mass is 16.5. The Morgan fingerprint density at radius 1 is 0.790 bits per heavy atom. The van der Waals surface area contributed by atoms with E-state index in [4.69, 9.17) is 4.98 Å². The molecule has 3 aromatic carbocycles. The largest absolute Gasteiger partial charge is 0.368 e. The third kappa shape index (κ3) is 7.35. The quantitative estimate of drug-likeness (QED) is 0.0793.